The number of hydrogen-bond donors (Lipinski definition) is 3. The summed E-state index contributed by atoms with van der Waals surface area (Å²) >= 11 is 0. The van der Waals surface area contributed by atoms with Crippen molar-refractivity contribution < 1.29 is 18.8 Å². The van der Waals surface area contributed by atoms with Crippen molar-refractivity contribution in [1.82, 2.24) is 15.8 Å². The summed E-state index contributed by atoms with van der Waals surface area (Å²) in [5.41, 5.74) is -0.310. The Labute approximate surface area is 173 Å². The highest BCUT2D eigenvalue weighted by molar-refractivity contribution is 5.96. The maximum Gasteiger partial charge on any atom is 0.246 e. The first-order valence-electron chi connectivity index (χ1n) is 10.8. The molecule has 29 heavy (non-hydrogen) atoms. The van der Waals surface area contributed by atoms with Crippen LogP contribution in [0.25, 0.3) is 0 Å². The second-order valence-corrected chi connectivity index (χ2v) is 9.32. The molecule has 1 atom stereocenters. The largest absolute Gasteiger partial charge is 0.353 e. The smallest absolute Gasteiger partial charge is 0.246 e. The van der Waals surface area contributed by atoms with Crippen LogP contribution in [0.1, 0.15) is 65.5 Å². The van der Waals surface area contributed by atoms with Crippen LogP contribution in [0.2, 0.25) is 0 Å². The zero-order valence-electron chi connectivity index (χ0n) is 18.2. The van der Waals surface area contributed by atoms with Crippen LogP contribution in [0.15, 0.2) is 10.6 Å². The van der Waals surface area contributed by atoms with Gasteiger partial charge in [0.1, 0.15) is 0 Å². The summed E-state index contributed by atoms with van der Waals surface area (Å²) in [5, 5.41) is 13.8. The predicted octanol–water partition coefficient (Wildman–Crippen LogP) is 2.55. The van der Waals surface area contributed by atoms with E-state index in [0.29, 0.717) is 18.5 Å². The van der Waals surface area contributed by atoms with Crippen molar-refractivity contribution in [3.63, 3.8) is 0 Å². The summed E-state index contributed by atoms with van der Waals surface area (Å²) in [5.74, 6) is 0.218. The number of piperidine rings is 1. The van der Waals surface area contributed by atoms with Gasteiger partial charge in [-0.3, -0.25) is 10.1 Å². The van der Waals surface area contributed by atoms with Crippen LogP contribution in [0, 0.1) is 0 Å². The van der Waals surface area contributed by atoms with Gasteiger partial charge in [-0.2, -0.15) is 0 Å². The third-order valence-corrected chi connectivity index (χ3v) is 5.68. The first-order chi connectivity index (χ1) is 13.8. The Morgan fingerprint density at radius 2 is 2.00 bits per heavy atom. The molecule has 0 aliphatic carbocycles. The molecule has 0 saturated carbocycles. The molecule has 0 aromatic carbocycles. The van der Waals surface area contributed by atoms with Gasteiger partial charge in [0.05, 0.1) is 17.8 Å². The number of ether oxygens (including phenoxy) is 2. The van der Waals surface area contributed by atoms with E-state index < -0.39 is 5.54 Å². The lowest BCUT2D eigenvalue weighted by Crippen LogP contribution is -2.56. The average Bonchev–Trinajstić information content (AvgIpc) is 3.17. The van der Waals surface area contributed by atoms with Gasteiger partial charge in [0, 0.05) is 24.1 Å². The minimum Gasteiger partial charge on any atom is -0.353 e. The highest BCUT2D eigenvalue weighted by Gasteiger charge is 2.33. The normalized spacial score (nSPS) is 21.9. The van der Waals surface area contributed by atoms with Crippen LogP contribution in [0.4, 0.5) is 5.88 Å². The van der Waals surface area contributed by atoms with E-state index in [1.54, 1.807) is 6.07 Å². The van der Waals surface area contributed by atoms with E-state index in [4.69, 9.17) is 14.0 Å². The standard InChI is InChI=1S/C21H36N4O4/c1-20(2,14-28-18-7-5-6-12-27-18)16-13-17(29-25-16)23-19(26)21(3,4)24-15-8-10-22-11-9-15/h13,15,18,22,24H,5-12,14H2,1-4H3,(H,23,26). The molecule has 2 saturated heterocycles. The molecule has 1 unspecified atom stereocenters. The van der Waals surface area contributed by atoms with E-state index in [9.17, 15) is 4.79 Å². The molecular formula is C21H36N4O4. The van der Waals surface area contributed by atoms with Crippen molar-refractivity contribution in [2.75, 3.05) is 31.6 Å². The van der Waals surface area contributed by atoms with Crippen LogP contribution >= 0.6 is 0 Å². The molecule has 3 N–H and O–H groups in total. The van der Waals surface area contributed by atoms with Crippen molar-refractivity contribution in [3.8, 4) is 0 Å². The maximum absolute atomic E-state index is 12.8. The summed E-state index contributed by atoms with van der Waals surface area (Å²) < 4.78 is 16.9. The van der Waals surface area contributed by atoms with Gasteiger partial charge in [0.2, 0.25) is 11.8 Å². The number of rotatable bonds is 8. The summed E-state index contributed by atoms with van der Waals surface area (Å²) in [6.45, 7) is 11.1. The SMILES string of the molecule is CC(C)(NC1CCNCC1)C(=O)Nc1cc(C(C)(C)COC2CCCCO2)no1. The molecule has 1 amide bonds. The molecule has 1 aromatic heterocycles. The van der Waals surface area contributed by atoms with Crippen LogP contribution < -0.4 is 16.0 Å². The van der Waals surface area contributed by atoms with E-state index in [0.717, 1.165) is 57.5 Å². The van der Waals surface area contributed by atoms with Gasteiger partial charge in [-0.1, -0.05) is 19.0 Å². The molecule has 0 radical (unpaired) electrons. The third kappa shape index (κ3) is 6.25. The fourth-order valence-corrected chi connectivity index (χ4v) is 3.68. The van der Waals surface area contributed by atoms with Crippen molar-refractivity contribution in [2.45, 2.75) is 83.1 Å². The van der Waals surface area contributed by atoms with E-state index in [-0.39, 0.29) is 17.6 Å². The minimum absolute atomic E-state index is 0.136. The van der Waals surface area contributed by atoms with E-state index in [2.05, 4.69) is 21.1 Å². The molecule has 0 bridgehead atoms. The van der Waals surface area contributed by atoms with Crippen LogP contribution in [-0.4, -0.2) is 55.2 Å². The van der Waals surface area contributed by atoms with Crippen LogP contribution in [-0.2, 0) is 19.7 Å². The number of carbonyl (C=O) groups is 1. The number of amides is 1. The Bertz CT molecular complexity index is 661. The fourth-order valence-electron chi connectivity index (χ4n) is 3.68. The Morgan fingerprint density at radius 1 is 1.24 bits per heavy atom. The number of hydrogen-bond acceptors (Lipinski definition) is 7. The number of nitrogens with zero attached hydrogens (tertiary/aromatic N) is 1. The lowest BCUT2D eigenvalue weighted by Gasteiger charge is -2.32. The lowest BCUT2D eigenvalue weighted by atomic mass is 9.90. The highest BCUT2D eigenvalue weighted by Crippen LogP contribution is 2.27. The van der Waals surface area contributed by atoms with Gasteiger partial charge in [0.25, 0.3) is 0 Å². The van der Waals surface area contributed by atoms with Crippen molar-refractivity contribution in [3.05, 3.63) is 11.8 Å². The summed E-state index contributed by atoms with van der Waals surface area (Å²) in [6.07, 6.45) is 5.04. The lowest BCUT2D eigenvalue weighted by molar-refractivity contribution is -0.170. The Balaban J connectivity index is 1.53. The first kappa shape index (κ1) is 22.2. The molecule has 3 rings (SSSR count). The molecule has 2 fully saturated rings. The molecular weight excluding hydrogens is 372 g/mol. The number of aromatic nitrogens is 1. The molecule has 2 aliphatic heterocycles. The fraction of sp³-hybridized carbons (Fsp3) is 0.810. The van der Waals surface area contributed by atoms with E-state index in [1.807, 2.05) is 27.7 Å². The predicted molar refractivity (Wildman–Crippen MR) is 111 cm³/mol. The van der Waals surface area contributed by atoms with Crippen LogP contribution in [0.3, 0.4) is 0 Å². The van der Waals surface area contributed by atoms with Gasteiger partial charge in [0.15, 0.2) is 6.29 Å². The van der Waals surface area contributed by atoms with E-state index in [1.165, 1.54) is 0 Å². The summed E-state index contributed by atoms with van der Waals surface area (Å²) in [7, 11) is 0. The molecule has 0 spiro atoms. The minimum atomic E-state index is -0.702. The van der Waals surface area contributed by atoms with Gasteiger partial charge >= 0.3 is 0 Å². The first-order valence-corrected chi connectivity index (χ1v) is 10.8. The monoisotopic (exact) mass is 408 g/mol. The second kappa shape index (κ2) is 9.55. The zero-order valence-corrected chi connectivity index (χ0v) is 18.2. The quantitative estimate of drug-likeness (QED) is 0.608. The van der Waals surface area contributed by atoms with Crippen molar-refractivity contribution >= 4 is 11.8 Å². The molecule has 164 valence electrons. The Kier molecular flexibility index (Phi) is 7.32. The Hall–Kier alpha value is -1.48. The number of nitrogens with one attached hydrogen (secondary N) is 3. The topological polar surface area (TPSA) is 97.7 Å². The Morgan fingerprint density at radius 3 is 2.69 bits per heavy atom. The van der Waals surface area contributed by atoms with Gasteiger partial charge in [-0.25, -0.2) is 0 Å². The zero-order chi connectivity index (χ0) is 20.9. The average molecular weight is 409 g/mol. The van der Waals surface area contributed by atoms with Crippen LogP contribution in [0.5, 0.6) is 0 Å². The number of carbonyl (C=O) groups excluding carboxylic acids is 1. The van der Waals surface area contributed by atoms with Gasteiger partial charge < -0.3 is 24.6 Å². The second-order valence-electron chi connectivity index (χ2n) is 9.32. The van der Waals surface area contributed by atoms with Crippen molar-refractivity contribution in [2.24, 2.45) is 0 Å². The van der Waals surface area contributed by atoms with Gasteiger partial charge in [-0.15, -0.1) is 0 Å². The number of anilines is 1. The van der Waals surface area contributed by atoms with E-state index >= 15 is 0 Å². The molecule has 8 nitrogen and oxygen atoms in total. The summed E-state index contributed by atoms with van der Waals surface area (Å²) in [6, 6.07) is 2.12. The maximum atomic E-state index is 12.8. The summed E-state index contributed by atoms with van der Waals surface area (Å²) in [4.78, 5) is 12.8. The van der Waals surface area contributed by atoms with Crippen molar-refractivity contribution in [1.29, 1.82) is 0 Å². The highest BCUT2D eigenvalue weighted by atomic mass is 16.7. The molecule has 1 aromatic rings. The third-order valence-electron chi connectivity index (χ3n) is 5.68. The van der Waals surface area contributed by atoms with Gasteiger partial charge in [-0.05, 0) is 59.0 Å². The molecule has 3 heterocycles. The molecule has 2 aliphatic rings. The molecule has 8 heteroatoms.